The molecule has 0 bridgehead atoms. The molecular formula is C7H17NO2. The lowest BCUT2D eigenvalue weighted by molar-refractivity contribution is 0.0572. The number of likely N-dealkylation sites (N-methyl/N-ethyl adjacent to an activating group) is 1. The van der Waals surface area contributed by atoms with E-state index in [2.05, 4.69) is 0 Å². The molecule has 0 aromatic carbocycles. The molecule has 10 heavy (non-hydrogen) atoms. The van der Waals surface area contributed by atoms with Crippen LogP contribution in [0.3, 0.4) is 0 Å². The summed E-state index contributed by atoms with van der Waals surface area (Å²) >= 11 is 0. The zero-order valence-corrected chi connectivity index (χ0v) is 6.91. The lowest BCUT2D eigenvalue weighted by Crippen LogP contribution is -2.22. The van der Waals surface area contributed by atoms with Crippen molar-refractivity contribution < 1.29 is 10.2 Å². The van der Waals surface area contributed by atoms with Crippen molar-refractivity contribution in [3.63, 3.8) is 0 Å². The Balaban J connectivity index is 0.000000371. The molecule has 0 radical (unpaired) electrons. The maximum absolute atomic E-state index is 8.88. The quantitative estimate of drug-likeness (QED) is 0.493. The summed E-state index contributed by atoms with van der Waals surface area (Å²) in [6, 6.07) is 0. The van der Waals surface area contributed by atoms with Crippen LogP contribution >= 0.6 is 0 Å². The molecule has 0 amide bonds. The van der Waals surface area contributed by atoms with E-state index in [1.807, 2.05) is 25.8 Å². The normalized spacial score (nSPS) is 33.3. The van der Waals surface area contributed by atoms with E-state index >= 15 is 0 Å². The number of rotatable bonds is 0. The van der Waals surface area contributed by atoms with Crippen molar-refractivity contribution in [1.29, 1.82) is 0 Å². The lowest BCUT2D eigenvalue weighted by atomic mass is 10.3. The Kier molecular flexibility index (Phi) is 4.60. The van der Waals surface area contributed by atoms with E-state index in [0.717, 1.165) is 0 Å². The van der Waals surface area contributed by atoms with E-state index in [9.17, 15) is 0 Å². The van der Waals surface area contributed by atoms with E-state index in [4.69, 9.17) is 10.2 Å². The minimum atomic E-state index is -0.528. The monoisotopic (exact) mass is 147 g/mol. The molecule has 1 fully saturated rings. The molecule has 1 aliphatic rings. The molecule has 1 heterocycles. The van der Waals surface area contributed by atoms with E-state index < -0.39 is 12.2 Å². The first-order chi connectivity index (χ1) is 4.70. The third-order valence-corrected chi connectivity index (χ3v) is 1.44. The van der Waals surface area contributed by atoms with E-state index in [1.165, 1.54) is 0 Å². The van der Waals surface area contributed by atoms with Crippen LogP contribution in [0.15, 0.2) is 0 Å². The molecule has 1 saturated heterocycles. The van der Waals surface area contributed by atoms with Crippen LogP contribution < -0.4 is 0 Å². The largest absolute Gasteiger partial charge is 0.389 e. The van der Waals surface area contributed by atoms with Crippen molar-refractivity contribution in [2.45, 2.75) is 26.1 Å². The molecule has 1 rings (SSSR count). The van der Waals surface area contributed by atoms with Gasteiger partial charge in [0.05, 0.1) is 12.2 Å². The van der Waals surface area contributed by atoms with Gasteiger partial charge in [0.1, 0.15) is 0 Å². The van der Waals surface area contributed by atoms with Gasteiger partial charge in [-0.05, 0) is 7.05 Å². The van der Waals surface area contributed by atoms with Crippen LogP contribution in [0.25, 0.3) is 0 Å². The average molecular weight is 147 g/mol. The standard InChI is InChI=1S/C5H11NO2.C2H6/c1-6-2-4(7)5(8)3-6;1-2/h4-5,7-8H,2-3H2,1H3;1-2H3. The molecule has 3 heteroatoms. The van der Waals surface area contributed by atoms with Crippen molar-refractivity contribution >= 4 is 0 Å². The molecule has 0 spiro atoms. The highest BCUT2D eigenvalue weighted by molar-refractivity contribution is 4.80. The Bertz CT molecular complexity index is 77.7. The molecule has 0 saturated carbocycles. The van der Waals surface area contributed by atoms with Crippen molar-refractivity contribution in [1.82, 2.24) is 4.90 Å². The first kappa shape index (κ1) is 9.88. The van der Waals surface area contributed by atoms with Gasteiger partial charge in [0.2, 0.25) is 0 Å². The zero-order chi connectivity index (χ0) is 8.15. The number of hydrogen-bond donors (Lipinski definition) is 2. The van der Waals surface area contributed by atoms with Gasteiger partial charge in [0, 0.05) is 13.1 Å². The summed E-state index contributed by atoms with van der Waals surface area (Å²) in [5.41, 5.74) is 0. The number of β-amino-alcohol motifs (C(OH)–C–C–N with tert-alkyl or cyclic N) is 2. The van der Waals surface area contributed by atoms with Crippen LogP contribution in [0.1, 0.15) is 13.8 Å². The highest BCUT2D eigenvalue weighted by Crippen LogP contribution is 2.05. The van der Waals surface area contributed by atoms with Crippen molar-refractivity contribution in [2.75, 3.05) is 20.1 Å². The van der Waals surface area contributed by atoms with Gasteiger partial charge < -0.3 is 15.1 Å². The van der Waals surface area contributed by atoms with E-state index in [1.54, 1.807) is 0 Å². The predicted molar refractivity (Wildman–Crippen MR) is 40.9 cm³/mol. The summed E-state index contributed by atoms with van der Waals surface area (Å²) in [5.74, 6) is 0. The predicted octanol–water partition coefficient (Wildman–Crippen LogP) is -0.320. The van der Waals surface area contributed by atoms with Crippen molar-refractivity contribution in [3.05, 3.63) is 0 Å². The summed E-state index contributed by atoms with van der Waals surface area (Å²) in [6.45, 7) is 5.20. The highest BCUT2D eigenvalue weighted by Gasteiger charge is 2.26. The van der Waals surface area contributed by atoms with Gasteiger partial charge >= 0.3 is 0 Å². The van der Waals surface area contributed by atoms with Gasteiger partial charge in [0.25, 0.3) is 0 Å². The minimum Gasteiger partial charge on any atom is -0.389 e. The van der Waals surface area contributed by atoms with E-state index in [-0.39, 0.29) is 0 Å². The summed E-state index contributed by atoms with van der Waals surface area (Å²) in [4.78, 5) is 1.90. The van der Waals surface area contributed by atoms with Crippen molar-refractivity contribution in [3.8, 4) is 0 Å². The first-order valence-electron chi connectivity index (χ1n) is 3.75. The Morgan fingerprint density at radius 3 is 1.50 bits per heavy atom. The molecular weight excluding hydrogens is 130 g/mol. The third kappa shape index (κ3) is 2.64. The molecule has 0 aromatic rings. The summed E-state index contributed by atoms with van der Waals surface area (Å²) < 4.78 is 0. The summed E-state index contributed by atoms with van der Waals surface area (Å²) in [6.07, 6.45) is -1.06. The molecule has 0 aliphatic carbocycles. The van der Waals surface area contributed by atoms with Crippen LogP contribution in [0.4, 0.5) is 0 Å². The van der Waals surface area contributed by atoms with Gasteiger partial charge in [-0.3, -0.25) is 0 Å². The van der Waals surface area contributed by atoms with E-state index in [0.29, 0.717) is 13.1 Å². The van der Waals surface area contributed by atoms with Gasteiger partial charge in [-0.15, -0.1) is 0 Å². The van der Waals surface area contributed by atoms with Gasteiger partial charge in [-0.1, -0.05) is 13.8 Å². The number of hydrogen-bond acceptors (Lipinski definition) is 3. The zero-order valence-electron chi connectivity index (χ0n) is 6.91. The number of nitrogens with zero attached hydrogens (tertiary/aromatic N) is 1. The molecule has 2 atom stereocenters. The second-order valence-corrected chi connectivity index (χ2v) is 2.36. The van der Waals surface area contributed by atoms with Crippen LogP contribution in [-0.4, -0.2) is 47.5 Å². The van der Waals surface area contributed by atoms with Crippen LogP contribution in [0, 0.1) is 0 Å². The Morgan fingerprint density at radius 1 is 1.10 bits per heavy atom. The smallest absolute Gasteiger partial charge is 0.0938 e. The molecule has 0 aromatic heterocycles. The Labute approximate surface area is 62.3 Å². The Hall–Kier alpha value is -0.120. The average Bonchev–Trinajstić information content (AvgIpc) is 2.16. The Morgan fingerprint density at radius 2 is 1.40 bits per heavy atom. The lowest BCUT2D eigenvalue weighted by Gasteiger charge is -2.02. The summed E-state index contributed by atoms with van der Waals surface area (Å²) in [7, 11) is 1.87. The fraction of sp³-hybridized carbons (Fsp3) is 1.00. The van der Waals surface area contributed by atoms with Crippen LogP contribution in [-0.2, 0) is 0 Å². The fourth-order valence-electron chi connectivity index (χ4n) is 0.957. The van der Waals surface area contributed by atoms with Gasteiger partial charge in [-0.25, -0.2) is 0 Å². The number of aliphatic hydroxyl groups excluding tert-OH is 2. The molecule has 2 N–H and O–H groups in total. The number of likely N-dealkylation sites (tertiary alicyclic amines) is 1. The first-order valence-corrected chi connectivity index (χ1v) is 3.75. The summed E-state index contributed by atoms with van der Waals surface area (Å²) in [5, 5.41) is 17.8. The molecule has 2 unspecified atom stereocenters. The van der Waals surface area contributed by atoms with Crippen molar-refractivity contribution in [2.24, 2.45) is 0 Å². The van der Waals surface area contributed by atoms with Gasteiger partial charge in [-0.2, -0.15) is 0 Å². The fourth-order valence-corrected chi connectivity index (χ4v) is 0.957. The number of aliphatic hydroxyl groups is 2. The minimum absolute atomic E-state index is 0.528. The second-order valence-electron chi connectivity index (χ2n) is 2.36. The maximum Gasteiger partial charge on any atom is 0.0938 e. The second kappa shape index (κ2) is 4.66. The third-order valence-electron chi connectivity index (χ3n) is 1.44. The SMILES string of the molecule is CC.CN1CC(O)C(O)C1. The van der Waals surface area contributed by atoms with Crippen LogP contribution in [0.2, 0.25) is 0 Å². The molecule has 1 aliphatic heterocycles. The van der Waals surface area contributed by atoms with Crippen LogP contribution in [0.5, 0.6) is 0 Å². The van der Waals surface area contributed by atoms with Gasteiger partial charge in [0.15, 0.2) is 0 Å². The maximum atomic E-state index is 8.88. The molecule has 3 nitrogen and oxygen atoms in total. The molecule has 62 valence electrons. The topological polar surface area (TPSA) is 43.7 Å². The highest BCUT2D eigenvalue weighted by atomic mass is 16.3.